The molecule has 0 aliphatic heterocycles. The van der Waals surface area contributed by atoms with Crippen molar-refractivity contribution in [1.29, 1.82) is 0 Å². The van der Waals surface area contributed by atoms with Crippen molar-refractivity contribution in [2.45, 2.75) is 58.5 Å². The average Bonchev–Trinajstić information content (AvgIpc) is 3.58. The fraction of sp³-hybridized carbons (Fsp3) is 0.417. The van der Waals surface area contributed by atoms with Gasteiger partial charge < -0.3 is 20.1 Å². The number of aliphatic hydroxyl groups excluding tert-OH is 3. The van der Waals surface area contributed by atoms with Crippen molar-refractivity contribution in [3.8, 4) is 5.75 Å². The molecular weight excluding hydrogens is 352 g/mol. The summed E-state index contributed by atoms with van der Waals surface area (Å²) in [5.41, 5.74) is 4.75. The zero-order chi connectivity index (χ0) is 19.9. The van der Waals surface area contributed by atoms with Gasteiger partial charge in [0.1, 0.15) is 12.4 Å². The van der Waals surface area contributed by atoms with Crippen LogP contribution >= 0.6 is 0 Å². The molecule has 1 fully saturated rings. The summed E-state index contributed by atoms with van der Waals surface area (Å²) >= 11 is 0. The molecule has 0 heterocycles. The highest BCUT2D eigenvalue weighted by Crippen LogP contribution is 2.35. The molecule has 0 radical (unpaired) electrons. The standard InChI is InChI=1S/C24H30O4/c1-2-18(10-11-24(27)19-8-9-19)20-4-3-5-23(13-20)28-16-17-6-7-21(14-25)22(12-17)15-26/h3-7,10,12-13,19,24-27H,2,8-9,11,14-16H2,1H3/b18-10+. The van der Waals surface area contributed by atoms with Crippen LogP contribution in [0.25, 0.3) is 5.57 Å². The molecule has 1 saturated carbocycles. The molecule has 4 nitrogen and oxygen atoms in total. The largest absolute Gasteiger partial charge is 0.489 e. The summed E-state index contributed by atoms with van der Waals surface area (Å²) in [6.45, 7) is 2.34. The molecule has 0 spiro atoms. The van der Waals surface area contributed by atoms with Crippen LogP contribution in [0.5, 0.6) is 5.75 Å². The maximum Gasteiger partial charge on any atom is 0.120 e. The molecule has 3 N–H and O–H groups in total. The van der Waals surface area contributed by atoms with E-state index in [9.17, 15) is 15.3 Å². The van der Waals surface area contributed by atoms with Crippen LogP contribution in [0.3, 0.4) is 0 Å². The van der Waals surface area contributed by atoms with Crippen molar-refractivity contribution >= 4 is 5.57 Å². The molecule has 1 atom stereocenters. The van der Waals surface area contributed by atoms with Crippen LogP contribution in [0.1, 0.15) is 54.9 Å². The van der Waals surface area contributed by atoms with E-state index in [0.29, 0.717) is 18.9 Å². The zero-order valence-corrected chi connectivity index (χ0v) is 16.5. The molecule has 0 aromatic heterocycles. The van der Waals surface area contributed by atoms with E-state index < -0.39 is 0 Å². The summed E-state index contributed by atoms with van der Waals surface area (Å²) < 4.78 is 5.95. The highest BCUT2D eigenvalue weighted by molar-refractivity contribution is 5.66. The third kappa shape index (κ3) is 5.44. The molecule has 28 heavy (non-hydrogen) atoms. The monoisotopic (exact) mass is 382 g/mol. The Labute approximate surface area is 167 Å². The van der Waals surface area contributed by atoms with E-state index in [-0.39, 0.29) is 19.3 Å². The Morgan fingerprint density at radius 3 is 2.57 bits per heavy atom. The molecule has 1 aliphatic carbocycles. The minimum atomic E-state index is -0.219. The third-order valence-corrected chi connectivity index (χ3v) is 5.37. The van der Waals surface area contributed by atoms with Crippen molar-refractivity contribution in [2.24, 2.45) is 5.92 Å². The van der Waals surface area contributed by atoms with E-state index in [1.165, 1.54) is 5.57 Å². The number of ether oxygens (including phenoxy) is 1. The molecule has 3 rings (SSSR count). The molecule has 2 aromatic rings. The van der Waals surface area contributed by atoms with Crippen molar-refractivity contribution in [2.75, 3.05) is 0 Å². The lowest BCUT2D eigenvalue weighted by Crippen LogP contribution is -2.07. The number of hydrogen-bond donors (Lipinski definition) is 3. The molecular formula is C24H30O4. The van der Waals surface area contributed by atoms with Crippen LogP contribution in [0.15, 0.2) is 48.5 Å². The Morgan fingerprint density at radius 1 is 1.11 bits per heavy atom. The molecule has 0 amide bonds. The highest BCUT2D eigenvalue weighted by Gasteiger charge is 2.28. The van der Waals surface area contributed by atoms with E-state index in [1.54, 1.807) is 0 Å². The van der Waals surface area contributed by atoms with Gasteiger partial charge in [-0.3, -0.25) is 0 Å². The lowest BCUT2D eigenvalue weighted by molar-refractivity contribution is 0.154. The van der Waals surface area contributed by atoms with Crippen molar-refractivity contribution < 1.29 is 20.1 Å². The summed E-state index contributed by atoms with van der Waals surface area (Å²) in [6, 6.07) is 13.6. The van der Waals surface area contributed by atoms with Crippen LogP contribution in [-0.4, -0.2) is 21.4 Å². The Kier molecular flexibility index (Phi) is 7.26. The summed E-state index contributed by atoms with van der Waals surface area (Å²) in [7, 11) is 0. The van der Waals surface area contributed by atoms with Gasteiger partial charge in [0.05, 0.1) is 19.3 Å². The van der Waals surface area contributed by atoms with Crippen molar-refractivity contribution in [1.82, 2.24) is 0 Å². The maximum atomic E-state index is 10.1. The minimum absolute atomic E-state index is 0.0827. The smallest absolute Gasteiger partial charge is 0.120 e. The number of benzene rings is 2. The van der Waals surface area contributed by atoms with E-state index in [2.05, 4.69) is 19.1 Å². The van der Waals surface area contributed by atoms with Crippen LogP contribution < -0.4 is 4.74 Å². The van der Waals surface area contributed by atoms with Crippen molar-refractivity contribution in [3.05, 3.63) is 70.8 Å². The van der Waals surface area contributed by atoms with Gasteiger partial charge in [-0.05, 0) is 77.6 Å². The quantitative estimate of drug-likeness (QED) is 0.576. The zero-order valence-electron chi connectivity index (χ0n) is 16.5. The van der Waals surface area contributed by atoms with E-state index in [4.69, 9.17) is 4.74 Å². The lowest BCUT2D eigenvalue weighted by atomic mass is 10.00. The van der Waals surface area contributed by atoms with Gasteiger partial charge in [-0.1, -0.05) is 37.3 Å². The third-order valence-electron chi connectivity index (χ3n) is 5.37. The highest BCUT2D eigenvalue weighted by atomic mass is 16.5. The average molecular weight is 383 g/mol. The first kappa shape index (κ1) is 20.6. The Hall–Kier alpha value is -2.14. The molecule has 4 heteroatoms. The number of aliphatic hydroxyl groups is 3. The summed E-state index contributed by atoms with van der Waals surface area (Å²) in [5.74, 6) is 1.28. The van der Waals surface area contributed by atoms with Crippen molar-refractivity contribution in [3.63, 3.8) is 0 Å². The number of rotatable bonds is 10. The second kappa shape index (κ2) is 9.87. The maximum absolute atomic E-state index is 10.1. The Balaban J connectivity index is 1.66. The SMILES string of the molecule is CC/C(=C\CC(O)C1CC1)c1cccc(OCc2ccc(CO)c(CO)c2)c1. The van der Waals surface area contributed by atoms with Gasteiger partial charge in [0, 0.05) is 0 Å². The predicted molar refractivity (Wildman–Crippen MR) is 111 cm³/mol. The first-order valence-electron chi connectivity index (χ1n) is 10.1. The summed E-state index contributed by atoms with van der Waals surface area (Å²) in [5, 5.41) is 28.9. The fourth-order valence-corrected chi connectivity index (χ4v) is 3.43. The predicted octanol–water partition coefficient (Wildman–Crippen LogP) is 4.20. The van der Waals surface area contributed by atoms with E-state index in [1.807, 2.05) is 36.4 Å². The van der Waals surface area contributed by atoms with Crippen LogP contribution in [0.2, 0.25) is 0 Å². The molecule has 0 bridgehead atoms. The topological polar surface area (TPSA) is 69.9 Å². The second-order valence-corrected chi connectivity index (χ2v) is 7.46. The molecule has 1 unspecified atom stereocenters. The van der Waals surface area contributed by atoms with E-state index in [0.717, 1.165) is 47.3 Å². The minimum Gasteiger partial charge on any atom is -0.489 e. The van der Waals surface area contributed by atoms with Gasteiger partial charge in [0.15, 0.2) is 0 Å². The normalized spacial score (nSPS) is 15.5. The number of allylic oxidation sites excluding steroid dienone is 1. The Morgan fingerprint density at radius 2 is 1.89 bits per heavy atom. The van der Waals surface area contributed by atoms with Crippen LogP contribution in [0.4, 0.5) is 0 Å². The number of hydrogen-bond acceptors (Lipinski definition) is 4. The molecule has 0 saturated heterocycles. The molecule has 2 aromatic carbocycles. The van der Waals surface area contributed by atoms with Gasteiger partial charge in [-0.25, -0.2) is 0 Å². The van der Waals surface area contributed by atoms with E-state index >= 15 is 0 Å². The van der Waals surface area contributed by atoms with Gasteiger partial charge in [-0.15, -0.1) is 0 Å². The fourth-order valence-electron chi connectivity index (χ4n) is 3.43. The summed E-state index contributed by atoms with van der Waals surface area (Å²) in [4.78, 5) is 0. The summed E-state index contributed by atoms with van der Waals surface area (Å²) in [6.07, 6.45) is 5.85. The van der Waals surface area contributed by atoms with Gasteiger partial charge >= 0.3 is 0 Å². The van der Waals surface area contributed by atoms with Gasteiger partial charge in [0.2, 0.25) is 0 Å². The second-order valence-electron chi connectivity index (χ2n) is 7.46. The lowest BCUT2D eigenvalue weighted by Gasteiger charge is -2.12. The molecule has 150 valence electrons. The Bertz CT molecular complexity index is 808. The first-order chi connectivity index (χ1) is 13.6. The first-order valence-corrected chi connectivity index (χ1v) is 10.1. The van der Waals surface area contributed by atoms with Crippen LogP contribution in [-0.2, 0) is 19.8 Å². The van der Waals surface area contributed by atoms with Crippen LogP contribution in [0, 0.1) is 5.92 Å². The molecule has 1 aliphatic rings. The van der Waals surface area contributed by atoms with Gasteiger partial charge in [0.25, 0.3) is 0 Å². The van der Waals surface area contributed by atoms with Gasteiger partial charge in [-0.2, -0.15) is 0 Å².